The summed E-state index contributed by atoms with van der Waals surface area (Å²) in [5.74, 6) is 1.16. The number of furan rings is 1. The summed E-state index contributed by atoms with van der Waals surface area (Å²) in [5.41, 5.74) is 1.66. The van der Waals surface area contributed by atoms with Gasteiger partial charge in [-0.15, -0.1) is 0 Å². The number of rotatable bonds is 3. The molecule has 0 spiro atoms. The summed E-state index contributed by atoms with van der Waals surface area (Å²) in [7, 11) is 0. The molecule has 1 unspecified atom stereocenters. The van der Waals surface area contributed by atoms with Crippen molar-refractivity contribution in [3.05, 3.63) is 45.6 Å². The lowest BCUT2D eigenvalue weighted by molar-refractivity contribution is 0.147. The molecule has 4 heteroatoms. The second-order valence-electron chi connectivity index (χ2n) is 4.21. The largest absolute Gasteiger partial charge is 0.458 e. The zero-order valence-electron chi connectivity index (χ0n) is 10.2. The van der Waals surface area contributed by atoms with Crippen molar-refractivity contribution in [2.75, 3.05) is 0 Å². The molecule has 0 radical (unpaired) electrons. The van der Waals surface area contributed by atoms with Gasteiger partial charge in [0.15, 0.2) is 0 Å². The van der Waals surface area contributed by atoms with Crippen molar-refractivity contribution in [1.29, 1.82) is 0 Å². The molecular formula is C14H14Cl2O2. The van der Waals surface area contributed by atoms with Gasteiger partial charge in [-0.3, -0.25) is 0 Å². The first-order chi connectivity index (χ1) is 8.52. The fourth-order valence-corrected chi connectivity index (χ4v) is 2.19. The number of halogens is 2. The van der Waals surface area contributed by atoms with Crippen LogP contribution >= 0.6 is 23.2 Å². The van der Waals surface area contributed by atoms with Gasteiger partial charge in [0.25, 0.3) is 0 Å². The minimum Gasteiger partial charge on any atom is -0.458 e. The molecule has 0 aliphatic carbocycles. The second kappa shape index (κ2) is 5.35. The standard InChI is InChI=1S/C14H14Cl2O2/c1-3-12(17)14-5-4-13(18-14)9-7-10(15)8(2)6-11(9)16/h4-7,12,17H,3H2,1-2H3. The first-order valence-corrected chi connectivity index (χ1v) is 6.52. The van der Waals surface area contributed by atoms with Crippen molar-refractivity contribution >= 4 is 23.2 Å². The fraction of sp³-hybridized carbons (Fsp3) is 0.286. The van der Waals surface area contributed by atoms with Crippen molar-refractivity contribution in [2.45, 2.75) is 26.4 Å². The lowest BCUT2D eigenvalue weighted by Crippen LogP contribution is -1.91. The van der Waals surface area contributed by atoms with Gasteiger partial charge in [-0.1, -0.05) is 30.1 Å². The maximum atomic E-state index is 9.70. The topological polar surface area (TPSA) is 33.4 Å². The Hall–Kier alpha value is -0.960. The van der Waals surface area contributed by atoms with Crippen LogP contribution < -0.4 is 0 Å². The first kappa shape index (κ1) is 13.5. The molecule has 2 nitrogen and oxygen atoms in total. The summed E-state index contributed by atoms with van der Waals surface area (Å²) in [6.07, 6.45) is 0.0217. The van der Waals surface area contributed by atoms with E-state index >= 15 is 0 Å². The summed E-state index contributed by atoms with van der Waals surface area (Å²) < 4.78 is 5.60. The molecule has 0 aliphatic rings. The number of aliphatic hydroxyl groups excluding tert-OH is 1. The van der Waals surface area contributed by atoms with Crippen LogP contribution in [-0.2, 0) is 0 Å². The molecule has 1 aromatic heterocycles. The van der Waals surface area contributed by atoms with Crippen LogP contribution in [0.1, 0.15) is 30.8 Å². The van der Waals surface area contributed by atoms with E-state index in [1.807, 2.05) is 13.8 Å². The quantitative estimate of drug-likeness (QED) is 0.860. The second-order valence-corrected chi connectivity index (χ2v) is 5.02. The molecule has 1 heterocycles. The molecule has 0 saturated heterocycles. The number of aliphatic hydroxyl groups is 1. The van der Waals surface area contributed by atoms with E-state index in [4.69, 9.17) is 27.6 Å². The van der Waals surface area contributed by atoms with Crippen LogP contribution in [0.2, 0.25) is 10.0 Å². The van der Waals surface area contributed by atoms with Crippen molar-refractivity contribution in [3.63, 3.8) is 0 Å². The van der Waals surface area contributed by atoms with Gasteiger partial charge in [0.1, 0.15) is 17.6 Å². The van der Waals surface area contributed by atoms with Gasteiger partial charge >= 0.3 is 0 Å². The van der Waals surface area contributed by atoms with Gasteiger partial charge in [-0.25, -0.2) is 0 Å². The van der Waals surface area contributed by atoms with Crippen LogP contribution in [-0.4, -0.2) is 5.11 Å². The van der Waals surface area contributed by atoms with Gasteiger partial charge in [0, 0.05) is 10.6 Å². The minimum absolute atomic E-state index is 0.542. The third kappa shape index (κ3) is 2.56. The van der Waals surface area contributed by atoms with Crippen LogP contribution in [0.5, 0.6) is 0 Å². The molecule has 2 rings (SSSR count). The van der Waals surface area contributed by atoms with Crippen molar-refractivity contribution in [1.82, 2.24) is 0 Å². The molecule has 96 valence electrons. The Bertz CT molecular complexity index is 561. The maximum absolute atomic E-state index is 9.70. The van der Waals surface area contributed by atoms with E-state index in [0.717, 1.165) is 11.1 Å². The third-order valence-electron chi connectivity index (χ3n) is 2.86. The van der Waals surface area contributed by atoms with E-state index in [9.17, 15) is 5.11 Å². The average Bonchev–Trinajstić information content (AvgIpc) is 2.82. The van der Waals surface area contributed by atoms with Crippen LogP contribution in [0.3, 0.4) is 0 Å². The number of benzene rings is 1. The van der Waals surface area contributed by atoms with E-state index in [1.165, 1.54) is 0 Å². The molecule has 0 aliphatic heterocycles. The highest BCUT2D eigenvalue weighted by Gasteiger charge is 2.14. The molecule has 1 atom stereocenters. The van der Waals surface area contributed by atoms with Gasteiger partial charge < -0.3 is 9.52 Å². The summed E-state index contributed by atoms with van der Waals surface area (Å²) in [4.78, 5) is 0. The molecule has 18 heavy (non-hydrogen) atoms. The Morgan fingerprint density at radius 1 is 1.22 bits per heavy atom. The SMILES string of the molecule is CCC(O)c1ccc(-c2cc(Cl)c(C)cc2Cl)o1. The molecule has 1 N–H and O–H groups in total. The van der Waals surface area contributed by atoms with Crippen molar-refractivity contribution < 1.29 is 9.52 Å². The normalized spacial score (nSPS) is 12.7. The summed E-state index contributed by atoms with van der Waals surface area (Å²) in [6.45, 7) is 3.79. The van der Waals surface area contributed by atoms with E-state index < -0.39 is 6.10 Å². The van der Waals surface area contributed by atoms with E-state index in [2.05, 4.69) is 0 Å². The molecular weight excluding hydrogens is 271 g/mol. The van der Waals surface area contributed by atoms with Gasteiger partial charge in [0.2, 0.25) is 0 Å². The highest BCUT2D eigenvalue weighted by atomic mass is 35.5. The fourth-order valence-electron chi connectivity index (χ4n) is 1.71. The zero-order chi connectivity index (χ0) is 13.3. The zero-order valence-corrected chi connectivity index (χ0v) is 11.7. The van der Waals surface area contributed by atoms with Crippen LogP contribution in [0.25, 0.3) is 11.3 Å². The highest BCUT2D eigenvalue weighted by molar-refractivity contribution is 6.35. The Labute approximate surface area is 116 Å². The van der Waals surface area contributed by atoms with Crippen molar-refractivity contribution in [2.24, 2.45) is 0 Å². The Kier molecular flexibility index (Phi) is 4.00. The van der Waals surface area contributed by atoms with Crippen LogP contribution in [0, 0.1) is 6.92 Å². The molecule has 0 saturated carbocycles. The average molecular weight is 285 g/mol. The maximum Gasteiger partial charge on any atom is 0.135 e. The lowest BCUT2D eigenvalue weighted by atomic mass is 10.1. The van der Waals surface area contributed by atoms with Crippen LogP contribution in [0.15, 0.2) is 28.7 Å². The number of aryl methyl sites for hydroxylation is 1. The van der Waals surface area contributed by atoms with Crippen LogP contribution in [0.4, 0.5) is 0 Å². The summed E-state index contributed by atoms with van der Waals surface area (Å²) in [6, 6.07) is 7.13. The summed E-state index contributed by atoms with van der Waals surface area (Å²) >= 11 is 12.3. The summed E-state index contributed by atoms with van der Waals surface area (Å²) in [5, 5.41) is 10.9. The number of hydrogen-bond acceptors (Lipinski definition) is 2. The first-order valence-electron chi connectivity index (χ1n) is 5.76. The molecule has 2 aromatic rings. The van der Waals surface area contributed by atoms with Gasteiger partial charge in [0.05, 0.1) is 5.02 Å². The number of hydrogen-bond donors (Lipinski definition) is 1. The van der Waals surface area contributed by atoms with E-state index in [-0.39, 0.29) is 0 Å². The Morgan fingerprint density at radius 3 is 2.61 bits per heavy atom. The molecule has 0 fully saturated rings. The van der Waals surface area contributed by atoms with Crippen molar-refractivity contribution in [3.8, 4) is 11.3 Å². The monoisotopic (exact) mass is 284 g/mol. The van der Waals surface area contributed by atoms with Gasteiger partial charge in [-0.2, -0.15) is 0 Å². The Morgan fingerprint density at radius 2 is 1.94 bits per heavy atom. The predicted molar refractivity (Wildman–Crippen MR) is 74.2 cm³/mol. The molecule has 0 bridgehead atoms. The highest BCUT2D eigenvalue weighted by Crippen LogP contribution is 2.34. The lowest BCUT2D eigenvalue weighted by Gasteiger charge is -2.06. The smallest absolute Gasteiger partial charge is 0.135 e. The predicted octanol–water partition coefficient (Wildman–Crippen LogP) is 5.01. The third-order valence-corrected chi connectivity index (χ3v) is 3.58. The molecule has 0 amide bonds. The molecule has 1 aromatic carbocycles. The van der Waals surface area contributed by atoms with E-state index in [1.54, 1.807) is 24.3 Å². The van der Waals surface area contributed by atoms with Gasteiger partial charge in [-0.05, 0) is 43.2 Å². The van der Waals surface area contributed by atoms with E-state index in [0.29, 0.717) is 28.0 Å². The minimum atomic E-state index is -0.585. The Balaban J connectivity index is 2.43.